The quantitative estimate of drug-likeness (QED) is 0.370. The van der Waals surface area contributed by atoms with Crippen molar-refractivity contribution in [1.29, 1.82) is 0 Å². The van der Waals surface area contributed by atoms with E-state index in [1.165, 1.54) is 29.1 Å². The molecular weight excluding hydrogens is 528 g/mol. The van der Waals surface area contributed by atoms with Crippen LogP contribution in [-0.2, 0) is 11.2 Å². The normalized spacial score (nSPS) is 16.9. The SMILES string of the molecule is CCOc1cc(N2C[C@H](CNC(=O)c3ccc(Cl)s3)OC2=O)ccc1-n1cccc(CCNC2CC2)c1=O. The molecule has 1 saturated carbocycles. The lowest BCUT2D eigenvalue weighted by molar-refractivity contribution is 0.0920. The van der Waals surface area contributed by atoms with Gasteiger partial charge in [0.2, 0.25) is 0 Å². The van der Waals surface area contributed by atoms with Crippen LogP contribution >= 0.6 is 22.9 Å². The van der Waals surface area contributed by atoms with Gasteiger partial charge in [0, 0.05) is 23.9 Å². The molecule has 3 heterocycles. The van der Waals surface area contributed by atoms with E-state index in [0.717, 1.165) is 12.1 Å². The minimum absolute atomic E-state index is 0.0952. The van der Waals surface area contributed by atoms with Crippen LogP contribution in [0, 0.1) is 0 Å². The first-order chi connectivity index (χ1) is 18.4. The van der Waals surface area contributed by atoms with E-state index in [1.54, 1.807) is 41.1 Å². The van der Waals surface area contributed by atoms with Gasteiger partial charge < -0.3 is 20.1 Å². The maximum absolute atomic E-state index is 13.2. The number of halogens is 1. The number of benzene rings is 1. The third-order valence-electron chi connectivity index (χ3n) is 6.41. The molecule has 0 bridgehead atoms. The van der Waals surface area contributed by atoms with E-state index in [2.05, 4.69) is 10.6 Å². The van der Waals surface area contributed by atoms with Crippen molar-refractivity contribution in [3.05, 3.63) is 73.8 Å². The van der Waals surface area contributed by atoms with Gasteiger partial charge in [-0.15, -0.1) is 11.3 Å². The van der Waals surface area contributed by atoms with E-state index in [4.69, 9.17) is 21.1 Å². The molecule has 200 valence electrons. The molecule has 5 rings (SSSR count). The zero-order valence-electron chi connectivity index (χ0n) is 20.9. The van der Waals surface area contributed by atoms with Gasteiger partial charge in [-0.3, -0.25) is 19.1 Å². The standard InChI is InChI=1S/C27H29ClN4O5S/c1-2-36-22-14-19(32-16-20(37-27(32)35)15-30-25(33)23-9-10-24(28)38-23)7-8-21(22)31-13-3-4-17(26(31)34)11-12-29-18-5-6-18/h3-4,7-10,13-14,18,20,29H,2,5-6,11-12,15-16H2,1H3,(H,30,33)/t20-/m0/s1. The van der Waals surface area contributed by atoms with Gasteiger partial charge in [-0.1, -0.05) is 17.7 Å². The highest BCUT2D eigenvalue weighted by molar-refractivity contribution is 7.18. The molecule has 2 fully saturated rings. The Morgan fingerprint density at radius 2 is 2.05 bits per heavy atom. The second kappa shape index (κ2) is 11.6. The molecule has 0 radical (unpaired) electrons. The molecule has 1 aliphatic heterocycles. The van der Waals surface area contributed by atoms with Crippen molar-refractivity contribution in [2.75, 3.05) is 31.1 Å². The van der Waals surface area contributed by atoms with Gasteiger partial charge in [0.25, 0.3) is 11.5 Å². The van der Waals surface area contributed by atoms with Crippen molar-refractivity contribution < 1.29 is 19.1 Å². The predicted octanol–water partition coefficient (Wildman–Crippen LogP) is 4.00. The predicted molar refractivity (Wildman–Crippen MR) is 147 cm³/mol. The Labute approximate surface area is 229 Å². The summed E-state index contributed by atoms with van der Waals surface area (Å²) in [5.41, 5.74) is 1.81. The van der Waals surface area contributed by atoms with Crippen molar-refractivity contribution >= 4 is 40.6 Å². The molecule has 0 spiro atoms. The molecule has 1 aromatic carbocycles. The molecule has 1 aliphatic carbocycles. The summed E-state index contributed by atoms with van der Waals surface area (Å²) in [5.74, 6) is 0.217. The molecule has 9 nitrogen and oxygen atoms in total. The Morgan fingerprint density at radius 3 is 2.79 bits per heavy atom. The molecular formula is C27H29ClN4O5S. The Balaban J connectivity index is 1.29. The van der Waals surface area contributed by atoms with Crippen LogP contribution in [0.25, 0.3) is 5.69 Å². The number of hydrogen-bond donors (Lipinski definition) is 2. The number of nitrogens with one attached hydrogen (secondary N) is 2. The van der Waals surface area contributed by atoms with E-state index in [1.807, 2.05) is 19.1 Å². The molecule has 11 heteroatoms. The van der Waals surface area contributed by atoms with E-state index >= 15 is 0 Å². The summed E-state index contributed by atoms with van der Waals surface area (Å²) in [6, 6.07) is 12.9. The summed E-state index contributed by atoms with van der Waals surface area (Å²) in [5, 5.41) is 6.23. The number of carbonyl (C=O) groups is 2. The number of aromatic nitrogens is 1. The van der Waals surface area contributed by atoms with E-state index in [9.17, 15) is 14.4 Å². The third kappa shape index (κ3) is 6.03. The fourth-order valence-corrected chi connectivity index (χ4v) is 5.29. The number of amides is 2. The molecule has 2 amide bonds. The fourth-order valence-electron chi connectivity index (χ4n) is 4.33. The third-order valence-corrected chi connectivity index (χ3v) is 7.64. The topological polar surface area (TPSA) is 102 Å². The first kappa shape index (κ1) is 26.3. The summed E-state index contributed by atoms with van der Waals surface area (Å²) in [7, 11) is 0. The Hall–Kier alpha value is -3.34. The van der Waals surface area contributed by atoms with Gasteiger partial charge in [0.1, 0.15) is 11.9 Å². The molecule has 2 aromatic heterocycles. The highest BCUT2D eigenvalue weighted by Gasteiger charge is 2.33. The van der Waals surface area contributed by atoms with Gasteiger partial charge >= 0.3 is 6.09 Å². The average Bonchev–Trinajstić information content (AvgIpc) is 3.50. The molecule has 3 aromatic rings. The van der Waals surface area contributed by atoms with Crippen LogP contribution in [0.15, 0.2) is 53.5 Å². The van der Waals surface area contributed by atoms with Gasteiger partial charge in [-0.25, -0.2) is 4.79 Å². The lowest BCUT2D eigenvalue weighted by Crippen LogP contribution is -2.34. The molecule has 2 aliphatic rings. The average molecular weight is 557 g/mol. The van der Waals surface area contributed by atoms with E-state index < -0.39 is 12.2 Å². The molecule has 1 atom stereocenters. The lowest BCUT2D eigenvalue weighted by Gasteiger charge is -2.18. The first-order valence-electron chi connectivity index (χ1n) is 12.7. The van der Waals surface area contributed by atoms with Crippen LogP contribution in [0.1, 0.15) is 35.0 Å². The van der Waals surface area contributed by atoms with Crippen molar-refractivity contribution in [3.8, 4) is 11.4 Å². The highest BCUT2D eigenvalue weighted by Crippen LogP contribution is 2.31. The fraction of sp³-hybridized carbons (Fsp3) is 0.370. The number of anilines is 1. The van der Waals surface area contributed by atoms with Gasteiger partial charge in [-0.05, 0) is 63.1 Å². The number of nitrogens with zero attached hydrogens (tertiary/aromatic N) is 2. The molecule has 0 unspecified atom stereocenters. The lowest BCUT2D eigenvalue weighted by atomic mass is 10.2. The number of rotatable bonds is 11. The zero-order chi connectivity index (χ0) is 26.6. The maximum atomic E-state index is 13.2. The van der Waals surface area contributed by atoms with Crippen molar-refractivity contribution in [2.24, 2.45) is 0 Å². The van der Waals surface area contributed by atoms with Crippen LogP contribution in [0.4, 0.5) is 10.5 Å². The van der Waals surface area contributed by atoms with Gasteiger partial charge in [0.15, 0.2) is 0 Å². The van der Waals surface area contributed by atoms with Gasteiger partial charge in [0.05, 0.1) is 40.3 Å². The zero-order valence-corrected chi connectivity index (χ0v) is 22.5. The number of hydrogen-bond acceptors (Lipinski definition) is 7. The number of carbonyl (C=O) groups excluding carboxylic acids is 2. The largest absolute Gasteiger partial charge is 0.492 e. The van der Waals surface area contributed by atoms with Crippen molar-refractivity contribution in [3.63, 3.8) is 0 Å². The summed E-state index contributed by atoms with van der Waals surface area (Å²) in [4.78, 5) is 40.2. The Morgan fingerprint density at radius 1 is 1.21 bits per heavy atom. The Bertz CT molecular complexity index is 1390. The number of pyridine rings is 1. The summed E-state index contributed by atoms with van der Waals surface area (Å²) < 4.78 is 13.5. The van der Waals surface area contributed by atoms with Crippen LogP contribution < -0.4 is 25.8 Å². The van der Waals surface area contributed by atoms with Crippen LogP contribution in [-0.4, -0.2) is 55.0 Å². The molecule has 1 saturated heterocycles. The molecule has 38 heavy (non-hydrogen) atoms. The smallest absolute Gasteiger partial charge is 0.414 e. The van der Waals surface area contributed by atoms with Crippen molar-refractivity contribution in [1.82, 2.24) is 15.2 Å². The number of cyclic esters (lactones) is 1. The van der Waals surface area contributed by atoms with Crippen LogP contribution in [0.2, 0.25) is 4.34 Å². The Kier molecular flexibility index (Phi) is 8.01. The first-order valence-corrected chi connectivity index (χ1v) is 13.8. The summed E-state index contributed by atoms with van der Waals surface area (Å²) in [6.07, 6.45) is 3.75. The van der Waals surface area contributed by atoms with Crippen LogP contribution in [0.3, 0.4) is 0 Å². The van der Waals surface area contributed by atoms with Crippen molar-refractivity contribution in [2.45, 2.75) is 38.3 Å². The second-order valence-electron chi connectivity index (χ2n) is 9.20. The maximum Gasteiger partial charge on any atom is 0.414 e. The number of ether oxygens (including phenoxy) is 2. The summed E-state index contributed by atoms with van der Waals surface area (Å²) in [6.45, 7) is 3.45. The monoisotopic (exact) mass is 556 g/mol. The highest BCUT2D eigenvalue weighted by atomic mass is 35.5. The number of thiophene rings is 1. The van der Waals surface area contributed by atoms with E-state index in [0.29, 0.717) is 45.4 Å². The minimum Gasteiger partial charge on any atom is -0.492 e. The summed E-state index contributed by atoms with van der Waals surface area (Å²) >= 11 is 7.09. The second-order valence-corrected chi connectivity index (χ2v) is 10.9. The molecule has 2 N–H and O–H groups in total. The van der Waals surface area contributed by atoms with Crippen LogP contribution in [0.5, 0.6) is 5.75 Å². The van der Waals surface area contributed by atoms with Gasteiger partial charge in [-0.2, -0.15) is 0 Å². The van der Waals surface area contributed by atoms with E-state index in [-0.39, 0.29) is 24.6 Å². The minimum atomic E-state index is -0.513.